The van der Waals surface area contributed by atoms with E-state index in [1.54, 1.807) is 6.07 Å². The highest BCUT2D eigenvalue weighted by Gasteiger charge is 2.36. The first kappa shape index (κ1) is 15.8. The number of aromatic nitrogens is 1. The van der Waals surface area contributed by atoms with Crippen molar-refractivity contribution in [2.75, 3.05) is 6.54 Å². The zero-order valence-electron chi connectivity index (χ0n) is 11.7. The van der Waals surface area contributed by atoms with E-state index in [9.17, 15) is 19.5 Å². The third-order valence-electron chi connectivity index (χ3n) is 3.76. The summed E-state index contributed by atoms with van der Waals surface area (Å²) in [6, 6.07) is 2.16. The molecule has 1 N–H and O–H groups in total. The van der Waals surface area contributed by atoms with E-state index >= 15 is 0 Å². The number of pyridine rings is 1. The summed E-state index contributed by atoms with van der Waals surface area (Å²) in [7, 11) is 0. The number of rotatable bonds is 3. The zero-order chi connectivity index (χ0) is 15.6. The van der Waals surface area contributed by atoms with Gasteiger partial charge >= 0.3 is 5.97 Å². The molecule has 2 rings (SSSR count). The molecule has 21 heavy (non-hydrogen) atoms. The Morgan fingerprint density at radius 1 is 1.43 bits per heavy atom. The van der Waals surface area contributed by atoms with Crippen molar-refractivity contribution in [2.24, 2.45) is 5.92 Å². The second-order valence-electron chi connectivity index (χ2n) is 5.30. The normalized spacial score (nSPS) is 22.1. The van der Waals surface area contributed by atoms with Gasteiger partial charge in [-0.25, -0.2) is 4.79 Å². The lowest BCUT2D eigenvalue weighted by molar-refractivity contribution is -0.155. The third kappa shape index (κ3) is 3.53. The molecule has 1 saturated heterocycles. The molecule has 1 aliphatic heterocycles. The fraction of sp³-hybridized carbons (Fsp3) is 0.500. The Morgan fingerprint density at radius 3 is 2.81 bits per heavy atom. The molecule has 2 unspecified atom stereocenters. The van der Waals surface area contributed by atoms with Crippen LogP contribution in [0.15, 0.2) is 27.6 Å². The minimum atomic E-state index is -0.989. The average molecular weight is 357 g/mol. The molecule has 0 saturated carbocycles. The van der Waals surface area contributed by atoms with Crippen molar-refractivity contribution in [3.8, 4) is 0 Å². The second-order valence-corrected chi connectivity index (χ2v) is 6.22. The van der Waals surface area contributed by atoms with Crippen LogP contribution in [0.5, 0.6) is 0 Å². The van der Waals surface area contributed by atoms with Crippen LogP contribution in [0, 0.1) is 5.92 Å². The summed E-state index contributed by atoms with van der Waals surface area (Å²) in [4.78, 5) is 36.9. The number of hydrogen-bond acceptors (Lipinski definition) is 3. The summed E-state index contributed by atoms with van der Waals surface area (Å²) < 4.78 is 1.97. The van der Waals surface area contributed by atoms with Gasteiger partial charge in [0.25, 0.3) is 5.56 Å². The predicted molar refractivity (Wildman–Crippen MR) is 79.9 cm³/mol. The number of carbonyl (C=O) groups is 2. The summed E-state index contributed by atoms with van der Waals surface area (Å²) in [6.07, 6.45) is 3.10. The molecule has 1 aliphatic rings. The molecular weight excluding hydrogens is 340 g/mol. The monoisotopic (exact) mass is 356 g/mol. The maximum atomic E-state index is 12.4. The molecule has 0 spiro atoms. The Bertz CT molecular complexity index is 613. The fourth-order valence-electron chi connectivity index (χ4n) is 2.71. The van der Waals surface area contributed by atoms with Gasteiger partial charge in [0.2, 0.25) is 5.91 Å². The van der Waals surface area contributed by atoms with Crippen molar-refractivity contribution in [1.82, 2.24) is 9.47 Å². The highest BCUT2D eigenvalue weighted by Crippen LogP contribution is 2.23. The summed E-state index contributed by atoms with van der Waals surface area (Å²) in [5.41, 5.74) is -0.288. The van der Waals surface area contributed by atoms with Crippen LogP contribution in [-0.4, -0.2) is 39.0 Å². The number of hydrogen-bond donors (Lipinski definition) is 1. The van der Waals surface area contributed by atoms with Gasteiger partial charge in [-0.1, -0.05) is 6.92 Å². The highest BCUT2D eigenvalue weighted by atomic mass is 79.9. The highest BCUT2D eigenvalue weighted by molar-refractivity contribution is 9.10. The molecule has 114 valence electrons. The van der Waals surface area contributed by atoms with Crippen molar-refractivity contribution in [3.63, 3.8) is 0 Å². The lowest BCUT2D eigenvalue weighted by Gasteiger charge is -2.37. The van der Waals surface area contributed by atoms with E-state index in [1.165, 1.54) is 21.7 Å². The smallest absolute Gasteiger partial charge is 0.326 e. The number of carboxylic acids is 1. The van der Waals surface area contributed by atoms with Crippen molar-refractivity contribution in [1.29, 1.82) is 0 Å². The summed E-state index contributed by atoms with van der Waals surface area (Å²) in [5, 5.41) is 9.32. The lowest BCUT2D eigenvalue weighted by atomic mass is 9.91. The number of amides is 1. The summed E-state index contributed by atoms with van der Waals surface area (Å²) in [6.45, 7) is 2.11. The van der Waals surface area contributed by atoms with E-state index in [-0.39, 0.29) is 23.9 Å². The van der Waals surface area contributed by atoms with Gasteiger partial charge in [-0.2, -0.15) is 0 Å². The number of halogens is 1. The summed E-state index contributed by atoms with van der Waals surface area (Å²) in [5.74, 6) is -1.41. The van der Waals surface area contributed by atoms with Crippen LogP contribution in [0.4, 0.5) is 0 Å². The Hall–Kier alpha value is -1.63. The van der Waals surface area contributed by atoms with E-state index < -0.39 is 12.0 Å². The number of carbonyl (C=O) groups excluding carboxylic acids is 1. The first-order chi connectivity index (χ1) is 9.90. The molecule has 1 amide bonds. The number of nitrogens with zero attached hydrogens (tertiary/aromatic N) is 2. The van der Waals surface area contributed by atoms with Gasteiger partial charge in [-0.05, 0) is 40.8 Å². The number of likely N-dealkylation sites (tertiary alicyclic amines) is 1. The second kappa shape index (κ2) is 6.43. The first-order valence-corrected chi connectivity index (χ1v) is 7.57. The zero-order valence-corrected chi connectivity index (χ0v) is 13.2. The van der Waals surface area contributed by atoms with Crippen LogP contribution >= 0.6 is 15.9 Å². The van der Waals surface area contributed by atoms with Crippen LogP contribution in [0.25, 0.3) is 0 Å². The van der Waals surface area contributed by atoms with E-state index in [4.69, 9.17) is 0 Å². The average Bonchev–Trinajstić information content (AvgIpc) is 2.42. The van der Waals surface area contributed by atoms with Gasteiger partial charge in [0.15, 0.2) is 0 Å². The standard InChI is InChI=1S/C14H17BrN2O4/c1-9-3-2-6-17(13(9)14(20)21)12(19)8-16-7-10(15)4-5-11(16)18/h4-5,7,9,13H,2-3,6,8H2,1H3,(H,20,21). The quantitative estimate of drug-likeness (QED) is 0.885. The third-order valence-corrected chi connectivity index (χ3v) is 4.23. The molecule has 2 heterocycles. The van der Waals surface area contributed by atoms with Gasteiger partial charge < -0.3 is 14.6 Å². The summed E-state index contributed by atoms with van der Waals surface area (Å²) >= 11 is 3.25. The molecule has 0 radical (unpaired) electrons. The lowest BCUT2D eigenvalue weighted by Crippen LogP contribution is -2.53. The van der Waals surface area contributed by atoms with Gasteiger partial charge in [-0.3, -0.25) is 9.59 Å². The van der Waals surface area contributed by atoms with E-state index in [1.807, 2.05) is 6.92 Å². The molecule has 6 nitrogen and oxygen atoms in total. The van der Waals surface area contributed by atoms with Crippen LogP contribution < -0.4 is 5.56 Å². The van der Waals surface area contributed by atoms with Crippen LogP contribution in [0.2, 0.25) is 0 Å². The van der Waals surface area contributed by atoms with Gasteiger partial charge in [0.1, 0.15) is 12.6 Å². The van der Waals surface area contributed by atoms with Gasteiger partial charge in [0, 0.05) is 23.3 Å². The molecule has 2 atom stereocenters. The maximum Gasteiger partial charge on any atom is 0.326 e. The molecule has 0 aromatic carbocycles. The largest absolute Gasteiger partial charge is 0.480 e. The Kier molecular flexibility index (Phi) is 4.82. The molecule has 0 aliphatic carbocycles. The molecule has 1 aromatic heterocycles. The van der Waals surface area contributed by atoms with Gasteiger partial charge in [-0.15, -0.1) is 0 Å². The molecule has 1 fully saturated rings. The first-order valence-electron chi connectivity index (χ1n) is 6.78. The van der Waals surface area contributed by atoms with E-state index in [0.29, 0.717) is 11.0 Å². The van der Waals surface area contributed by atoms with Crippen molar-refractivity contribution >= 4 is 27.8 Å². The molecule has 1 aromatic rings. The fourth-order valence-corrected chi connectivity index (χ4v) is 3.09. The maximum absolute atomic E-state index is 12.4. The van der Waals surface area contributed by atoms with Crippen molar-refractivity contribution in [2.45, 2.75) is 32.4 Å². The molecular formula is C14H17BrN2O4. The van der Waals surface area contributed by atoms with Gasteiger partial charge in [0.05, 0.1) is 0 Å². The topological polar surface area (TPSA) is 79.6 Å². The van der Waals surface area contributed by atoms with Crippen LogP contribution in [0.3, 0.4) is 0 Å². The van der Waals surface area contributed by atoms with E-state index in [0.717, 1.165) is 12.8 Å². The minimum absolute atomic E-state index is 0.0839. The predicted octanol–water partition coefficient (Wildman–Crippen LogP) is 1.32. The Morgan fingerprint density at radius 2 is 2.14 bits per heavy atom. The van der Waals surface area contributed by atoms with Crippen molar-refractivity contribution in [3.05, 3.63) is 33.2 Å². The minimum Gasteiger partial charge on any atom is -0.480 e. The SMILES string of the molecule is CC1CCCN(C(=O)Cn2cc(Br)ccc2=O)C1C(=O)O. The van der Waals surface area contributed by atoms with E-state index in [2.05, 4.69) is 15.9 Å². The number of piperidine rings is 1. The van der Waals surface area contributed by atoms with Crippen molar-refractivity contribution < 1.29 is 14.7 Å². The Balaban J connectivity index is 2.20. The molecule has 0 bridgehead atoms. The van der Waals surface area contributed by atoms with Crippen LogP contribution in [-0.2, 0) is 16.1 Å². The number of carboxylic acid groups (broad SMARTS) is 1. The Labute approximate surface area is 130 Å². The molecule has 7 heteroatoms. The number of aliphatic carboxylic acids is 1. The van der Waals surface area contributed by atoms with Crippen LogP contribution in [0.1, 0.15) is 19.8 Å².